The molecule has 0 aliphatic heterocycles. The van der Waals surface area contributed by atoms with Crippen LogP contribution < -0.4 is 4.90 Å². The molecular weight excluding hydrogens is 706 g/mol. The van der Waals surface area contributed by atoms with Gasteiger partial charge in [-0.25, -0.2) is 0 Å². The van der Waals surface area contributed by atoms with Gasteiger partial charge in [-0.15, -0.1) is 22.7 Å². The summed E-state index contributed by atoms with van der Waals surface area (Å²) in [6.45, 7) is 2.27. The SMILES string of the molecule is CCCCCCCCc1ccc(-c2ccc(-c3ccc(N(c4ccc(Br)cc4)c4ccc(Br)cc4)s3)c3nsnc23)s1. The lowest BCUT2D eigenvalue weighted by Gasteiger charge is -2.23. The van der Waals surface area contributed by atoms with Crippen molar-refractivity contribution < 1.29 is 0 Å². The van der Waals surface area contributed by atoms with Crippen molar-refractivity contribution in [3.05, 3.63) is 98.8 Å². The highest BCUT2D eigenvalue weighted by molar-refractivity contribution is 9.10. The molecule has 0 unspecified atom stereocenters. The molecule has 42 heavy (non-hydrogen) atoms. The van der Waals surface area contributed by atoms with Gasteiger partial charge in [0.2, 0.25) is 0 Å². The summed E-state index contributed by atoms with van der Waals surface area (Å²) in [7, 11) is 0. The molecule has 0 spiro atoms. The first-order valence-electron chi connectivity index (χ1n) is 14.4. The topological polar surface area (TPSA) is 29.0 Å². The molecule has 0 aliphatic rings. The minimum atomic E-state index is 0.982. The number of thiophene rings is 2. The van der Waals surface area contributed by atoms with Crippen molar-refractivity contribution in [1.29, 1.82) is 0 Å². The minimum absolute atomic E-state index is 0.982. The van der Waals surface area contributed by atoms with E-state index in [1.807, 2.05) is 11.3 Å². The molecule has 0 N–H and O–H groups in total. The van der Waals surface area contributed by atoms with E-state index in [4.69, 9.17) is 8.75 Å². The van der Waals surface area contributed by atoms with E-state index < -0.39 is 0 Å². The Balaban J connectivity index is 1.27. The van der Waals surface area contributed by atoms with Crippen LogP contribution in [0.25, 0.3) is 31.9 Å². The van der Waals surface area contributed by atoms with Crippen molar-refractivity contribution in [3.8, 4) is 20.9 Å². The second-order valence-corrected chi connectivity index (χ2v) is 14.9. The van der Waals surface area contributed by atoms with E-state index in [0.717, 1.165) is 41.9 Å². The predicted octanol–water partition coefficient (Wildman–Crippen LogP) is 13.0. The van der Waals surface area contributed by atoms with E-state index in [9.17, 15) is 0 Å². The molecule has 0 atom stereocenters. The van der Waals surface area contributed by atoms with E-state index in [1.165, 1.54) is 76.9 Å². The van der Waals surface area contributed by atoms with Gasteiger partial charge in [0.15, 0.2) is 0 Å². The van der Waals surface area contributed by atoms with Gasteiger partial charge in [0, 0.05) is 46.1 Å². The number of benzene rings is 3. The molecule has 0 amide bonds. The monoisotopic (exact) mass is 735 g/mol. The third-order valence-electron chi connectivity index (χ3n) is 7.37. The number of aromatic nitrogens is 2. The van der Waals surface area contributed by atoms with Gasteiger partial charge in [-0.1, -0.05) is 83.0 Å². The van der Waals surface area contributed by atoms with Crippen LogP contribution >= 0.6 is 66.3 Å². The van der Waals surface area contributed by atoms with Crippen LogP contribution in [0, 0.1) is 0 Å². The summed E-state index contributed by atoms with van der Waals surface area (Å²) >= 11 is 12.1. The summed E-state index contributed by atoms with van der Waals surface area (Å²) < 4.78 is 11.7. The average molecular weight is 738 g/mol. The van der Waals surface area contributed by atoms with Gasteiger partial charge in [0.1, 0.15) is 16.0 Å². The fourth-order valence-electron chi connectivity index (χ4n) is 5.18. The summed E-state index contributed by atoms with van der Waals surface area (Å²) in [4.78, 5) is 6.23. The Morgan fingerprint density at radius 1 is 0.595 bits per heavy atom. The molecule has 0 radical (unpaired) electrons. The quantitative estimate of drug-likeness (QED) is 0.117. The number of nitrogens with zero attached hydrogens (tertiary/aromatic N) is 3. The van der Waals surface area contributed by atoms with Crippen LogP contribution in [0.4, 0.5) is 16.4 Å². The fourth-order valence-corrected chi connectivity index (χ4v) is 8.43. The fraction of sp³-hybridized carbons (Fsp3) is 0.235. The van der Waals surface area contributed by atoms with Crippen LogP contribution in [0.1, 0.15) is 50.3 Å². The Kier molecular flexibility index (Phi) is 9.87. The molecule has 3 nitrogen and oxygen atoms in total. The molecule has 0 bridgehead atoms. The number of unbranched alkanes of at least 4 members (excludes halogenated alkanes) is 5. The highest BCUT2D eigenvalue weighted by Crippen LogP contribution is 2.45. The van der Waals surface area contributed by atoms with Crippen molar-refractivity contribution in [3.63, 3.8) is 0 Å². The van der Waals surface area contributed by atoms with Crippen LogP contribution in [0.3, 0.4) is 0 Å². The van der Waals surface area contributed by atoms with E-state index in [0.29, 0.717) is 0 Å². The average Bonchev–Trinajstić information content (AvgIpc) is 3.78. The number of rotatable bonds is 12. The zero-order valence-corrected chi connectivity index (χ0v) is 29.0. The van der Waals surface area contributed by atoms with Crippen molar-refractivity contribution in [1.82, 2.24) is 8.75 Å². The molecule has 8 heteroatoms. The number of halogens is 2. The molecule has 0 fully saturated rings. The van der Waals surface area contributed by atoms with Crippen molar-refractivity contribution in [2.24, 2.45) is 0 Å². The lowest BCUT2D eigenvalue weighted by molar-refractivity contribution is 0.609. The normalized spacial score (nSPS) is 11.4. The number of hydrogen-bond acceptors (Lipinski definition) is 6. The largest absolute Gasteiger partial charge is 0.302 e. The van der Waals surface area contributed by atoms with Crippen LogP contribution in [0.2, 0.25) is 0 Å². The van der Waals surface area contributed by atoms with Gasteiger partial charge in [-0.2, -0.15) is 8.75 Å². The highest BCUT2D eigenvalue weighted by Gasteiger charge is 2.19. The highest BCUT2D eigenvalue weighted by atomic mass is 79.9. The lowest BCUT2D eigenvalue weighted by atomic mass is 10.1. The third-order valence-corrected chi connectivity index (χ3v) is 11.2. The van der Waals surface area contributed by atoms with Crippen molar-refractivity contribution >= 4 is 93.7 Å². The summed E-state index contributed by atoms with van der Waals surface area (Å²) in [5.74, 6) is 0. The minimum Gasteiger partial charge on any atom is -0.302 e. The van der Waals surface area contributed by atoms with Gasteiger partial charge in [-0.3, -0.25) is 0 Å². The smallest absolute Gasteiger partial charge is 0.114 e. The summed E-state index contributed by atoms with van der Waals surface area (Å²) in [5.41, 5.74) is 6.52. The molecule has 0 saturated heterocycles. The molecular formula is C34H31Br2N3S3. The molecule has 3 aromatic carbocycles. The summed E-state index contributed by atoms with van der Waals surface area (Å²) in [5, 5.41) is 1.15. The first-order valence-corrected chi connectivity index (χ1v) is 18.3. The summed E-state index contributed by atoms with van der Waals surface area (Å²) in [6.07, 6.45) is 9.15. The molecule has 3 heterocycles. The Morgan fingerprint density at radius 3 is 1.76 bits per heavy atom. The zero-order chi connectivity index (χ0) is 28.9. The van der Waals surface area contributed by atoms with Crippen molar-refractivity contribution in [2.75, 3.05) is 4.90 Å². The zero-order valence-electron chi connectivity index (χ0n) is 23.4. The standard InChI is InChI=1S/C34H31Br2N3S3/c1-2-3-4-5-6-7-8-27-17-20-30(40-27)28-18-19-29(34-33(28)37-42-38-34)31-21-22-32(41-31)39(25-13-9-23(35)10-14-25)26-15-11-24(36)12-16-26/h9-22H,2-8H2,1H3. The Bertz CT molecular complexity index is 1710. The Labute approximate surface area is 276 Å². The molecule has 3 aromatic heterocycles. The Hall–Kier alpha value is -2.36. The Morgan fingerprint density at radius 2 is 1.14 bits per heavy atom. The van der Waals surface area contributed by atoms with E-state index in [1.54, 1.807) is 11.3 Å². The lowest BCUT2D eigenvalue weighted by Crippen LogP contribution is -2.07. The molecule has 214 valence electrons. The predicted molar refractivity (Wildman–Crippen MR) is 191 cm³/mol. The van der Waals surface area contributed by atoms with Crippen LogP contribution in [-0.2, 0) is 6.42 Å². The molecule has 6 aromatic rings. The van der Waals surface area contributed by atoms with Gasteiger partial charge in [0.05, 0.1) is 11.7 Å². The molecule has 0 saturated carbocycles. The third kappa shape index (κ3) is 6.73. The summed E-state index contributed by atoms with van der Waals surface area (Å²) in [6, 6.07) is 30.4. The number of anilines is 3. The van der Waals surface area contributed by atoms with Gasteiger partial charge in [0.25, 0.3) is 0 Å². The van der Waals surface area contributed by atoms with Gasteiger partial charge in [-0.05, 0) is 85.6 Å². The van der Waals surface area contributed by atoms with Crippen LogP contribution in [-0.4, -0.2) is 8.75 Å². The maximum Gasteiger partial charge on any atom is 0.114 e. The first kappa shape index (κ1) is 29.7. The van der Waals surface area contributed by atoms with Crippen molar-refractivity contribution in [2.45, 2.75) is 51.9 Å². The number of hydrogen-bond donors (Lipinski definition) is 0. The first-order chi connectivity index (χ1) is 20.6. The maximum atomic E-state index is 4.78. The van der Waals surface area contributed by atoms with Crippen LogP contribution in [0.5, 0.6) is 0 Å². The maximum absolute atomic E-state index is 4.78. The van der Waals surface area contributed by atoms with Crippen LogP contribution in [0.15, 0.2) is 93.9 Å². The van der Waals surface area contributed by atoms with Gasteiger partial charge < -0.3 is 4.90 Å². The number of aryl methyl sites for hydroxylation is 1. The van der Waals surface area contributed by atoms with E-state index >= 15 is 0 Å². The molecule has 0 aliphatic carbocycles. The second-order valence-electron chi connectivity index (χ2n) is 10.3. The number of fused-ring (bicyclic) bond motifs is 1. The van der Waals surface area contributed by atoms with E-state index in [2.05, 4.69) is 129 Å². The van der Waals surface area contributed by atoms with E-state index in [-0.39, 0.29) is 0 Å². The second kappa shape index (κ2) is 14.0. The molecule has 6 rings (SSSR count). The van der Waals surface area contributed by atoms with Gasteiger partial charge >= 0.3 is 0 Å².